The zero-order valence-corrected chi connectivity index (χ0v) is 9.41. The lowest BCUT2D eigenvalue weighted by atomic mass is 10.2. The summed E-state index contributed by atoms with van der Waals surface area (Å²) in [6.45, 7) is 5.91. The number of hydrogen-bond donors (Lipinski definition) is 1. The largest absolute Gasteiger partial charge is 0.463 e. The van der Waals surface area contributed by atoms with Gasteiger partial charge in [-0.15, -0.1) is 12.6 Å². The summed E-state index contributed by atoms with van der Waals surface area (Å²) in [5.74, 6) is 0.0575. The molecule has 1 heterocycles. The van der Waals surface area contributed by atoms with Gasteiger partial charge in [0.05, 0.1) is 19.5 Å². The fourth-order valence-electron chi connectivity index (χ4n) is 1.04. The smallest absolute Gasteiger partial charge is 0.339 e. The molecule has 5 heteroatoms. The average molecular weight is 216 g/mol. The Morgan fingerprint density at radius 1 is 1.71 bits per heavy atom. The number of carbonyl (C=O) groups excluding carboxylic acids is 1. The fraction of sp³-hybridized carbons (Fsp3) is 0.778. The van der Waals surface area contributed by atoms with Crippen LogP contribution in [-0.4, -0.2) is 42.3 Å². The summed E-state index contributed by atoms with van der Waals surface area (Å²) in [6.07, 6.45) is 1.65. The van der Waals surface area contributed by atoms with Crippen molar-refractivity contribution in [3.63, 3.8) is 0 Å². The number of carbonyl (C=O) groups is 1. The van der Waals surface area contributed by atoms with E-state index in [0.717, 1.165) is 13.1 Å². The second-order valence-electron chi connectivity index (χ2n) is 3.66. The lowest BCUT2D eigenvalue weighted by molar-refractivity contribution is -0.146. The minimum atomic E-state index is -0.514. The summed E-state index contributed by atoms with van der Waals surface area (Å²) >= 11 is 4.18. The highest BCUT2D eigenvalue weighted by Crippen LogP contribution is 2.08. The van der Waals surface area contributed by atoms with E-state index in [1.807, 2.05) is 13.8 Å². The van der Waals surface area contributed by atoms with Crippen molar-refractivity contribution in [1.82, 2.24) is 4.90 Å². The quantitative estimate of drug-likeness (QED) is 0.558. The van der Waals surface area contributed by atoms with Crippen molar-refractivity contribution in [3.8, 4) is 0 Å². The van der Waals surface area contributed by atoms with Crippen LogP contribution in [0.3, 0.4) is 0 Å². The van der Waals surface area contributed by atoms with Crippen molar-refractivity contribution in [3.05, 3.63) is 0 Å². The molecular weight excluding hydrogens is 200 g/mol. The van der Waals surface area contributed by atoms with Crippen LogP contribution in [0.4, 0.5) is 0 Å². The first-order valence-electron chi connectivity index (χ1n) is 4.71. The van der Waals surface area contributed by atoms with Crippen molar-refractivity contribution in [1.29, 1.82) is 0 Å². The Kier molecular flexibility index (Phi) is 4.25. The summed E-state index contributed by atoms with van der Waals surface area (Å²) in [5.41, 5.74) is 0. The summed E-state index contributed by atoms with van der Waals surface area (Å²) < 4.78 is 5.06. The molecule has 4 nitrogen and oxygen atoms in total. The third-order valence-electron chi connectivity index (χ3n) is 1.80. The molecule has 0 radical (unpaired) electrons. The van der Waals surface area contributed by atoms with Crippen LogP contribution in [0.5, 0.6) is 0 Å². The molecule has 14 heavy (non-hydrogen) atoms. The van der Waals surface area contributed by atoms with E-state index < -0.39 is 5.37 Å². The Balaban J connectivity index is 2.32. The zero-order valence-electron chi connectivity index (χ0n) is 8.51. The van der Waals surface area contributed by atoms with Crippen LogP contribution in [0, 0.1) is 5.92 Å². The monoisotopic (exact) mass is 216 g/mol. The number of esters is 1. The van der Waals surface area contributed by atoms with Gasteiger partial charge in [-0.2, -0.15) is 0 Å². The number of ether oxygens (including phenoxy) is 1. The van der Waals surface area contributed by atoms with Crippen LogP contribution < -0.4 is 0 Å². The predicted octanol–water partition coefficient (Wildman–Crippen LogP) is 0.785. The topological polar surface area (TPSA) is 41.9 Å². The van der Waals surface area contributed by atoms with Gasteiger partial charge in [-0.1, -0.05) is 13.8 Å². The van der Waals surface area contributed by atoms with Gasteiger partial charge in [0, 0.05) is 6.54 Å². The SMILES string of the molecule is CC(C)COC(=O)C(S)N1C=NCC1. The Hall–Kier alpha value is -0.710. The van der Waals surface area contributed by atoms with Crippen LogP contribution in [0.25, 0.3) is 0 Å². The van der Waals surface area contributed by atoms with Gasteiger partial charge < -0.3 is 9.64 Å². The van der Waals surface area contributed by atoms with Gasteiger partial charge in [0.25, 0.3) is 0 Å². The molecule has 0 aromatic carbocycles. The van der Waals surface area contributed by atoms with Gasteiger partial charge in [0.1, 0.15) is 0 Å². The molecule has 1 unspecified atom stereocenters. The maximum absolute atomic E-state index is 11.4. The van der Waals surface area contributed by atoms with E-state index >= 15 is 0 Å². The molecule has 1 aliphatic heterocycles. The first-order valence-corrected chi connectivity index (χ1v) is 5.23. The number of hydrogen-bond acceptors (Lipinski definition) is 5. The molecule has 0 saturated carbocycles. The average Bonchev–Trinajstić information content (AvgIpc) is 2.65. The molecule has 0 aliphatic carbocycles. The third-order valence-corrected chi connectivity index (χ3v) is 2.31. The fourth-order valence-corrected chi connectivity index (χ4v) is 1.29. The predicted molar refractivity (Wildman–Crippen MR) is 58.6 cm³/mol. The first kappa shape index (κ1) is 11.4. The number of nitrogens with zero attached hydrogens (tertiary/aromatic N) is 2. The van der Waals surface area contributed by atoms with E-state index in [9.17, 15) is 4.79 Å². The van der Waals surface area contributed by atoms with Crippen LogP contribution in [-0.2, 0) is 9.53 Å². The normalized spacial score (nSPS) is 17.6. The van der Waals surface area contributed by atoms with Gasteiger partial charge in [0.2, 0.25) is 0 Å². The molecule has 0 fully saturated rings. The van der Waals surface area contributed by atoms with Crippen molar-refractivity contribution in [2.24, 2.45) is 10.9 Å². The minimum absolute atomic E-state index is 0.296. The second-order valence-corrected chi connectivity index (χ2v) is 4.15. The van der Waals surface area contributed by atoms with Crippen LogP contribution >= 0.6 is 12.6 Å². The summed E-state index contributed by atoms with van der Waals surface area (Å²) in [4.78, 5) is 17.2. The summed E-state index contributed by atoms with van der Waals surface area (Å²) in [7, 11) is 0. The van der Waals surface area contributed by atoms with Gasteiger partial charge in [0.15, 0.2) is 5.37 Å². The molecule has 1 atom stereocenters. The van der Waals surface area contributed by atoms with Crippen LogP contribution in [0.1, 0.15) is 13.8 Å². The molecule has 80 valence electrons. The lowest BCUT2D eigenvalue weighted by Gasteiger charge is -2.20. The number of rotatable bonds is 4. The number of thiol groups is 1. The molecule has 0 N–H and O–H groups in total. The zero-order chi connectivity index (χ0) is 10.6. The van der Waals surface area contributed by atoms with E-state index in [-0.39, 0.29) is 5.97 Å². The Morgan fingerprint density at radius 3 is 2.93 bits per heavy atom. The maximum atomic E-state index is 11.4. The Bertz CT molecular complexity index is 231. The van der Waals surface area contributed by atoms with Crippen LogP contribution in [0.2, 0.25) is 0 Å². The van der Waals surface area contributed by atoms with Crippen LogP contribution in [0.15, 0.2) is 4.99 Å². The third kappa shape index (κ3) is 3.21. The summed E-state index contributed by atoms with van der Waals surface area (Å²) in [5, 5.41) is -0.514. The first-order chi connectivity index (χ1) is 6.61. The van der Waals surface area contributed by atoms with E-state index in [2.05, 4.69) is 17.6 Å². The molecule has 0 aromatic rings. The summed E-state index contributed by atoms with van der Waals surface area (Å²) in [6, 6.07) is 0. The van der Waals surface area contributed by atoms with E-state index in [1.54, 1.807) is 11.2 Å². The molecule has 1 rings (SSSR count). The van der Waals surface area contributed by atoms with Gasteiger partial charge in [-0.05, 0) is 5.92 Å². The molecule has 0 bridgehead atoms. The Labute approximate surface area is 89.7 Å². The highest BCUT2D eigenvalue weighted by Gasteiger charge is 2.23. The van der Waals surface area contributed by atoms with E-state index in [1.165, 1.54) is 0 Å². The highest BCUT2D eigenvalue weighted by atomic mass is 32.1. The second kappa shape index (κ2) is 5.24. The highest BCUT2D eigenvalue weighted by molar-refractivity contribution is 7.81. The van der Waals surface area contributed by atoms with E-state index in [0.29, 0.717) is 12.5 Å². The molecular formula is C9H16N2O2S. The standard InChI is InChI=1S/C9H16N2O2S/c1-7(2)5-13-9(12)8(14)11-4-3-10-6-11/h6-8,14H,3-5H2,1-2H3. The van der Waals surface area contributed by atoms with Crippen molar-refractivity contribution in [2.45, 2.75) is 19.2 Å². The van der Waals surface area contributed by atoms with Gasteiger partial charge in [-0.25, -0.2) is 4.79 Å². The number of aliphatic imine (C=N–C) groups is 1. The van der Waals surface area contributed by atoms with Crippen molar-refractivity contribution in [2.75, 3.05) is 19.7 Å². The minimum Gasteiger partial charge on any atom is -0.463 e. The molecule has 1 aliphatic rings. The molecule has 0 amide bonds. The Morgan fingerprint density at radius 2 is 2.43 bits per heavy atom. The van der Waals surface area contributed by atoms with E-state index in [4.69, 9.17) is 4.74 Å². The maximum Gasteiger partial charge on any atom is 0.339 e. The molecule has 0 spiro atoms. The van der Waals surface area contributed by atoms with Crippen molar-refractivity contribution >= 4 is 24.9 Å². The van der Waals surface area contributed by atoms with Crippen molar-refractivity contribution < 1.29 is 9.53 Å². The van der Waals surface area contributed by atoms with Gasteiger partial charge in [-0.3, -0.25) is 4.99 Å². The molecule has 0 saturated heterocycles. The molecule has 0 aromatic heterocycles. The lowest BCUT2D eigenvalue weighted by Crippen LogP contribution is -2.36. The van der Waals surface area contributed by atoms with Gasteiger partial charge >= 0.3 is 5.97 Å².